The third-order valence-electron chi connectivity index (χ3n) is 5.95. The molecule has 0 aromatic rings. The molecule has 19 heavy (non-hydrogen) atoms. The van der Waals surface area contributed by atoms with Crippen LogP contribution in [-0.2, 0) is 4.74 Å². The molecule has 0 bridgehead atoms. The standard InChI is InChI=1S/C16H30N2O/c1-12(2)13-9-16(10-13,11-17)18-7-8-19-15-6-4-3-5-14(15)18/h12-15H,3-11,17H2,1-2H3. The molecular formula is C16H30N2O. The highest BCUT2D eigenvalue weighted by Gasteiger charge is 2.52. The fraction of sp³-hybridized carbons (Fsp3) is 1.00. The van der Waals surface area contributed by atoms with E-state index in [1.54, 1.807) is 0 Å². The number of nitrogens with zero attached hydrogens (tertiary/aromatic N) is 1. The van der Waals surface area contributed by atoms with Crippen LogP contribution in [-0.4, -0.2) is 42.3 Å². The van der Waals surface area contributed by atoms with Crippen molar-refractivity contribution in [3.63, 3.8) is 0 Å². The van der Waals surface area contributed by atoms with E-state index in [0.29, 0.717) is 17.7 Å². The van der Waals surface area contributed by atoms with Crippen LogP contribution in [0.2, 0.25) is 0 Å². The maximum Gasteiger partial charge on any atom is 0.0731 e. The van der Waals surface area contributed by atoms with Gasteiger partial charge in [-0.1, -0.05) is 26.7 Å². The van der Waals surface area contributed by atoms with Crippen molar-refractivity contribution in [2.75, 3.05) is 19.7 Å². The first-order valence-corrected chi connectivity index (χ1v) is 8.25. The molecule has 3 nitrogen and oxygen atoms in total. The summed E-state index contributed by atoms with van der Waals surface area (Å²) in [6.45, 7) is 7.56. The molecule has 0 radical (unpaired) electrons. The molecule has 3 heteroatoms. The van der Waals surface area contributed by atoms with Crippen LogP contribution in [0.1, 0.15) is 52.4 Å². The number of rotatable bonds is 3. The van der Waals surface area contributed by atoms with E-state index in [-0.39, 0.29) is 0 Å². The van der Waals surface area contributed by atoms with Gasteiger partial charge in [-0.2, -0.15) is 0 Å². The monoisotopic (exact) mass is 266 g/mol. The van der Waals surface area contributed by atoms with Crippen LogP contribution >= 0.6 is 0 Å². The van der Waals surface area contributed by atoms with E-state index in [0.717, 1.165) is 31.5 Å². The van der Waals surface area contributed by atoms with Crippen LogP contribution in [0.5, 0.6) is 0 Å². The number of fused-ring (bicyclic) bond motifs is 1. The van der Waals surface area contributed by atoms with Crippen LogP contribution in [0.3, 0.4) is 0 Å². The van der Waals surface area contributed by atoms with Crippen molar-refractivity contribution in [1.29, 1.82) is 0 Å². The Bertz CT molecular complexity index is 310. The second kappa shape index (κ2) is 5.34. The summed E-state index contributed by atoms with van der Waals surface area (Å²) in [6.07, 6.45) is 8.40. The zero-order chi connectivity index (χ0) is 13.5. The fourth-order valence-electron chi connectivity index (χ4n) is 4.59. The zero-order valence-electron chi connectivity index (χ0n) is 12.6. The summed E-state index contributed by atoms with van der Waals surface area (Å²) in [5.74, 6) is 1.69. The number of ether oxygens (including phenoxy) is 1. The minimum atomic E-state index is 0.305. The van der Waals surface area contributed by atoms with Crippen molar-refractivity contribution < 1.29 is 4.74 Å². The van der Waals surface area contributed by atoms with Gasteiger partial charge in [-0.15, -0.1) is 0 Å². The van der Waals surface area contributed by atoms with Crippen molar-refractivity contribution in [2.45, 2.75) is 70.1 Å². The Morgan fingerprint density at radius 2 is 2.00 bits per heavy atom. The van der Waals surface area contributed by atoms with Crippen molar-refractivity contribution >= 4 is 0 Å². The van der Waals surface area contributed by atoms with Crippen LogP contribution < -0.4 is 5.73 Å². The molecule has 0 aromatic carbocycles. The second-order valence-electron chi connectivity index (χ2n) is 7.30. The molecule has 0 amide bonds. The molecule has 3 aliphatic rings. The van der Waals surface area contributed by atoms with Gasteiger partial charge in [-0.05, 0) is 37.5 Å². The number of nitrogens with two attached hydrogens (primary N) is 1. The van der Waals surface area contributed by atoms with Gasteiger partial charge in [0.1, 0.15) is 0 Å². The van der Waals surface area contributed by atoms with Gasteiger partial charge in [-0.3, -0.25) is 4.90 Å². The van der Waals surface area contributed by atoms with Crippen molar-refractivity contribution in [3.05, 3.63) is 0 Å². The average Bonchev–Trinajstić information content (AvgIpc) is 2.38. The summed E-state index contributed by atoms with van der Waals surface area (Å²) in [5.41, 5.74) is 6.51. The lowest BCUT2D eigenvalue weighted by atomic mass is 9.62. The van der Waals surface area contributed by atoms with E-state index < -0.39 is 0 Å². The summed E-state index contributed by atoms with van der Waals surface area (Å²) < 4.78 is 6.01. The maximum atomic E-state index is 6.20. The Labute approximate surface area is 117 Å². The molecule has 2 N–H and O–H groups in total. The molecule has 1 heterocycles. The lowest BCUT2D eigenvalue weighted by Gasteiger charge is -2.60. The normalized spacial score (nSPS) is 43.9. The molecule has 3 fully saturated rings. The average molecular weight is 266 g/mol. The van der Waals surface area contributed by atoms with Crippen LogP contribution in [0.4, 0.5) is 0 Å². The Morgan fingerprint density at radius 3 is 2.68 bits per heavy atom. The zero-order valence-corrected chi connectivity index (χ0v) is 12.6. The highest BCUT2D eigenvalue weighted by atomic mass is 16.5. The van der Waals surface area contributed by atoms with Crippen molar-refractivity contribution in [2.24, 2.45) is 17.6 Å². The molecule has 1 aliphatic heterocycles. The molecule has 2 unspecified atom stereocenters. The molecule has 2 atom stereocenters. The minimum Gasteiger partial charge on any atom is -0.375 e. The minimum absolute atomic E-state index is 0.305. The molecule has 0 spiro atoms. The topological polar surface area (TPSA) is 38.5 Å². The van der Waals surface area contributed by atoms with E-state index in [1.165, 1.54) is 38.5 Å². The van der Waals surface area contributed by atoms with Crippen LogP contribution in [0.25, 0.3) is 0 Å². The highest BCUT2D eigenvalue weighted by molar-refractivity contribution is 5.07. The molecule has 110 valence electrons. The van der Waals surface area contributed by atoms with Gasteiger partial charge in [0.15, 0.2) is 0 Å². The summed E-state index contributed by atoms with van der Waals surface area (Å²) in [7, 11) is 0. The first-order valence-electron chi connectivity index (χ1n) is 8.25. The fourth-order valence-corrected chi connectivity index (χ4v) is 4.59. The van der Waals surface area contributed by atoms with Gasteiger partial charge in [0.2, 0.25) is 0 Å². The van der Waals surface area contributed by atoms with Gasteiger partial charge < -0.3 is 10.5 Å². The smallest absolute Gasteiger partial charge is 0.0731 e. The van der Waals surface area contributed by atoms with Crippen LogP contribution in [0, 0.1) is 11.8 Å². The first kappa shape index (κ1) is 13.8. The summed E-state index contributed by atoms with van der Waals surface area (Å²) in [5, 5.41) is 0. The Hall–Kier alpha value is -0.120. The van der Waals surface area contributed by atoms with Gasteiger partial charge in [0, 0.05) is 24.7 Å². The number of morpholine rings is 1. The third-order valence-corrected chi connectivity index (χ3v) is 5.95. The first-order chi connectivity index (χ1) is 9.16. The maximum absolute atomic E-state index is 6.20. The van der Waals surface area contributed by atoms with Crippen molar-refractivity contribution in [1.82, 2.24) is 4.90 Å². The summed E-state index contributed by atoms with van der Waals surface area (Å²) in [4.78, 5) is 2.76. The molecular weight excluding hydrogens is 236 g/mol. The molecule has 3 rings (SSSR count). The van der Waals surface area contributed by atoms with Gasteiger partial charge in [0.25, 0.3) is 0 Å². The molecule has 0 aromatic heterocycles. The van der Waals surface area contributed by atoms with E-state index in [4.69, 9.17) is 10.5 Å². The van der Waals surface area contributed by atoms with Crippen molar-refractivity contribution in [3.8, 4) is 0 Å². The predicted molar refractivity (Wildman–Crippen MR) is 78.0 cm³/mol. The largest absolute Gasteiger partial charge is 0.375 e. The predicted octanol–water partition coefficient (Wildman–Crippen LogP) is 2.39. The van der Waals surface area contributed by atoms with Crippen LogP contribution in [0.15, 0.2) is 0 Å². The third kappa shape index (κ3) is 2.34. The highest BCUT2D eigenvalue weighted by Crippen LogP contribution is 2.48. The van der Waals surface area contributed by atoms with E-state index in [9.17, 15) is 0 Å². The van der Waals surface area contributed by atoms with Gasteiger partial charge >= 0.3 is 0 Å². The SMILES string of the molecule is CC(C)C1CC(CN)(N2CCOC3CCCCC32)C1. The summed E-state index contributed by atoms with van der Waals surface area (Å²) in [6, 6.07) is 0.652. The molecule has 2 saturated carbocycles. The van der Waals surface area contributed by atoms with E-state index >= 15 is 0 Å². The molecule has 2 aliphatic carbocycles. The Balaban J connectivity index is 1.72. The Kier molecular flexibility index (Phi) is 3.89. The Morgan fingerprint density at radius 1 is 1.26 bits per heavy atom. The lowest BCUT2D eigenvalue weighted by Crippen LogP contribution is -2.69. The van der Waals surface area contributed by atoms with Gasteiger partial charge in [0.05, 0.1) is 12.7 Å². The van der Waals surface area contributed by atoms with E-state index in [2.05, 4.69) is 18.7 Å². The number of hydrogen-bond donors (Lipinski definition) is 1. The second-order valence-corrected chi connectivity index (χ2v) is 7.30. The summed E-state index contributed by atoms with van der Waals surface area (Å²) >= 11 is 0. The van der Waals surface area contributed by atoms with Gasteiger partial charge in [-0.25, -0.2) is 0 Å². The number of hydrogen-bond acceptors (Lipinski definition) is 3. The van der Waals surface area contributed by atoms with E-state index in [1.807, 2.05) is 0 Å². The lowest BCUT2D eigenvalue weighted by molar-refractivity contribution is -0.157. The quantitative estimate of drug-likeness (QED) is 0.852. The molecule has 1 saturated heterocycles.